The van der Waals surface area contributed by atoms with Crippen LogP contribution in [0.5, 0.6) is 0 Å². The number of halogens is 1. The van der Waals surface area contributed by atoms with Crippen LogP contribution < -0.4 is 11.1 Å². The number of amidine groups is 1. The van der Waals surface area contributed by atoms with Gasteiger partial charge < -0.3 is 16.3 Å². The molecule has 5 nitrogen and oxygen atoms in total. The fourth-order valence-corrected chi connectivity index (χ4v) is 2.49. The zero-order valence-electron chi connectivity index (χ0n) is 9.90. The first-order chi connectivity index (χ1) is 8.48. The number of amides is 1. The van der Waals surface area contributed by atoms with Crippen LogP contribution >= 0.6 is 15.9 Å². The Bertz CT molecular complexity index is 504. The highest BCUT2D eigenvalue weighted by Crippen LogP contribution is 2.46. The number of carbonyl (C=O) groups excluding carboxylic acids is 1. The Balaban J connectivity index is 2.17. The zero-order valence-corrected chi connectivity index (χ0v) is 11.5. The van der Waals surface area contributed by atoms with Crippen LogP contribution in [0.4, 0.5) is 5.69 Å². The van der Waals surface area contributed by atoms with Crippen molar-refractivity contribution in [1.82, 2.24) is 0 Å². The lowest BCUT2D eigenvalue weighted by Crippen LogP contribution is -2.36. The van der Waals surface area contributed by atoms with Gasteiger partial charge in [0.15, 0.2) is 5.84 Å². The van der Waals surface area contributed by atoms with Gasteiger partial charge in [-0.2, -0.15) is 0 Å². The highest BCUT2D eigenvalue weighted by atomic mass is 79.9. The maximum atomic E-state index is 12.1. The van der Waals surface area contributed by atoms with Crippen molar-refractivity contribution in [3.8, 4) is 0 Å². The molecule has 0 unspecified atom stereocenters. The van der Waals surface area contributed by atoms with Gasteiger partial charge in [0, 0.05) is 10.2 Å². The van der Waals surface area contributed by atoms with Gasteiger partial charge in [0.2, 0.25) is 5.91 Å². The average molecular weight is 312 g/mol. The Kier molecular flexibility index (Phi) is 3.30. The molecule has 1 aromatic carbocycles. The molecule has 2 rings (SSSR count). The molecule has 4 N–H and O–H groups in total. The van der Waals surface area contributed by atoms with E-state index in [1.165, 1.54) is 0 Å². The van der Waals surface area contributed by atoms with E-state index in [0.717, 1.165) is 10.0 Å². The maximum absolute atomic E-state index is 12.1. The molecule has 1 aliphatic carbocycles. The van der Waals surface area contributed by atoms with E-state index >= 15 is 0 Å². The predicted molar refractivity (Wildman–Crippen MR) is 72.6 cm³/mol. The number of nitrogens with zero attached hydrogens (tertiary/aromatic N) is 1. The van der Waals surface area contributed by atoms with Crippen molar-refractivity contribution in [2.24, 2.45) is 16.3 Å². The molecule has 0 aliphatic heterocycles. The number of anilines is 1. The standard InChI is InChI=1S/C12H14BrN3O2/c1-7-4-8(13)6-9(5-7)15-11(17)12(2-3-12)10(14)16-18/h4-6,18H,2-3H2,1H3,(H2,14,16)(H,15,17). The Morgan fingerprint density at radius 2 is 2.17 bits per heavy atom. The van der Waals surface area contributed by atoms with Crippen molar-refractivity contribution in [1.29, 1.82) is 0 Å². The Hall–Kier alpha value is -1.56. The first-order valence-electron chi connectivity index (χ1n) is 5.54. The summed E-state index contributed by atoms with van der Waals surface area (Å²) < 4.78 is 0.895. The Morgan fingerprint density at radius 3 is 2.67 bits per heavy atom. The second-order valence-corrected chi connectivity index (χ2v) is 5.45. The summed E-state index contributed by atoms with van der Waals surface area (Å²) in [6, 6.07) is 5.63. The molecule has 0 spiro atoms. The highest BCUT2D eigenvalue weighted by Gasteiger charge is 2.54. The van der Waals surface area contributed by atoms with E-state index in [1.54, 1.807) is 0 Å². The predicted octanol–water partition coefficient (Wildman–Crippen LogP) is 2.22. The molecule has 1 aliphatic rings. The number of nitrogens with one attached hydrogen (secondary N) is 1. The van der Waals surface area contributed by atoms with Crippen LogP contribution in [0.3, 0.4) is 0 Å². The molecule has 0 heterocycles. The number of benzene rings is 1. The molecule has 0 radical (unpaired) electrons. The lowest BCUT2D eigenvalue weighted by Gasteiger charge is -2.14. The highest BCUT2D eigenvalue weighted by molar-refractivity contribution is 9.10. The third-order valence-corrected chi connectivity index (χ3v) is 3.54. The van der Waals surface area contributed by atoms with Crippen LogP contribution in [0.1, 0.15) is 18.4 Å². The second kappa shape index (κ2) is 4.61. The minimum atomic E-state index is -0.828. The molecule has 0 atom stereocenters. The third-order valence-electron chi connectivity index (χ3n) is 3.08. The monoisotopic (exact) mass is 311 g/mol. The molecule has 6 heteroatoms. The lowest BCUT2D eigenvalue weighted by molar-refractivity contribution is -0.119. The van der Waals surface area contributed by atoms with Crippen LogP contribution in [0.2, 0.25) is 0 Å². The summed E-state index contributed by atoms with van der Waals surface area (Å²) in [6.07, 6.45) is 1.23. The smallest absolute Gasteiger partial charge is 0.238 e. The molecule has 1 aromatic rings. The first-order valence-corrected chi connectivity index (χ1v) is 6.34. The second-order valence-electron chi connectivity index (χ2n) is 4.54. The summed E-state index contributed by atoms with van der Waals surface area (Å²) in [6.45, 7) is 1.94. The van der Waals surface area contributed by atoms with Gasteiger partial charge in [0.25, 0.3) is 0 Å². The normalized spacial score (nSPS) is 17.3. The molecule has 1 amide bonds. The molecule has 0 aromatic heterocycles. The number of rotatable bonds is 3. The molecule has 18 heavy (non-hydrogen) atoms. The number of hydrogen-bond donors (Lipinski definition) is 3. The number of oxime groups is 1. The van der Waals surface area contributed by atoms with Crippen LogP contribution in [0.15, 0.2) is 27.8 Å². The number of hydrogen-bond acceptors (Lipinski definition) is 3. The van der Waals surface area contributed by atoms with Gasteiger partial charge in [-0.15, -0.1) is 0 Å². The van der Waals surface area contributed by atoms with Crippen molar-refractivity contribution in [3.63, 3.8) is 0 Å². The van der Waals surface area contributed by atoms with Crippen molar-refractivity contribution in [2.45, 2.75) is 19.8 Å². The molecule has 1 fully saturated rings. The summed E-state index contributed by atoms with van der Waals surface area (Å²) in [5.74, 6) is -0.248. The maximum Gasteiger partial charge on any atom is 0.238 e. The van der Waals surface area contributed by atoms with Gasteiger partial charge in [-0.1, -0.05) is 21.1 Å². The van der Waals surface area contributed by atoms with E-state index in [0.29, 0.717) is 18.5 Å². The van der Waals surface area contributed by atoms with Crippen molar-refractivity contribution >= 4 is 33.4 Å². The van der Waals surface area contributed by atoms with Gasteiger partial charge in [-0.05, 0) is 43.5 Å². The molecule has 96 valence electrons. The molecule has 1 saturated carbocycles. The van der Waals surface area contributed by atoms with E-state index in [-0.39, 0.29) is 11.7 Å². The molecule has 0 saturated heterocycles. The molecule has 0 bridgehead atoms. The van der Waals surface area contributed by atoms with E-state index < -0.39 is 5.41 Å². The minimum absolute atomic E-state index is 0.0216. The summed E-state index contributed by atoms with van der Waals surface area (Å²) in [5, 5.41) is 14.4. The lowest BCUT2D eigenvalue weighted by atomic mass is 10.0. The number of carbonyl (C=O) groups is 1. The van der Waals surface area contributed by atoms with Crippen LogP contribution in [0, 0.1) is 12.3 Å². The van der Waals surface area contributed by atoms with E-state index in [1.807, 2.05) is 25.1 Å². The quantitative estimate of drug-likeness (QED) is 0.346. The SMILES string of the molecule is Cc1cc(Br)cc(NC(=O)C2(/C(N)=N/O)CC2)c1. The van der Waals surface area contributed by atoms with E-state index in [9.17, 15) is 4.79 Å². The average Bonchev–Trinajstić information content (AvgIpc) is 3.07. The topological polar surface area (TPSA) is 87.7 Å². The first kappa shape index (κ1) is 12.9. The van der Waals surface area contributed by atoms with Gasteiger partial charge in [-0.25, -0.2) is 0 Å². The van der Waals surface area contributed by atoms with Gasteiger partial charge >= 0.3 is 0 Å². The number of aryl methyl sites for hydroxylation is 1. The van der Waals surface area contributed by atoms with Crippen LogP contribution in [0.25, 0.3) is 0 Å². The minimum Gasteiger partial charge on any atom is -0.409 e. The summed E-state index contributed by atoms with van der Waals surface area (Å²) in [5.41, 5.74) is 6.46. The van der Waals surface area contributed by atoms with Crippen LogP contribution in [-0.2, 0) is 4.79 Å². The van der Waals surface area contributed by atoms with Crippen molar-refractivity contribution in [3.05, 3.63) is 28.2 Å². The molecular weight excluding hydrogens is 298 g/mol. The van der Waals surface area contributed by atoms with Crippen LogP contribution in [-0.4, -0.2) is 17.0 Å². The van der Waals surface area contributed by atoms with Gasteiger partial charge in [-0.3, -0.25) is 4.79 Å². The van der Waals surface area contributed by atoms with Crippen molar-refractivity contribution in [2.75, 3.05) is 5.32 Å². The summed E-state index contributed by atoms with van der Waals surface area (Å²) in [4.78, 5) is 12.1. The third kappa shape index (κ3) is 2.33. The number of nitrogens with two attached hydrogens (primary N) is 1. The Labute approximate surface area is 113 Å². The summed E-state index contributed by atoms with van der Waals surface area (Å²) in [7, 11) is 0. The van der Waals surface area contributed by atoms with Gasteiger partial charge in [0.1, 0.15) is 5.41 Å². The summed E-state index contributed by atoms with van der Waals surface area (Å²) >= 11 is 3.37. The fourth-order valence-electron chi connectivity index (χ4n) is 1.88. The Morgan fingerprint density at radius 1 is 1.50 bits per heavy atom. The largest absolute Gasteiger partial charge is 0.409 e. The fraction of sp³-hybridized carbons (Fsp3) is 0.333. The zero-order chi connectivity index (χ0) is 13.3. The van der Waals surface area contributed by atoms with Gasteiger partial charge in [0.05, 0.1) is 0 Å². The molecular formula is C12H14BrN3O2. The van der Waals surface area contributed by atoms with E-state index in [2.05, 4.69) is 26.4 Å². The van der Waals surface area contributed by atoms with Crippen molar-refractivity contribution < 1.29 is 10.0 Å². The van der Waals surface area contributed by atoms with E-state index in [4.69, 9.17) is 10.9 Å².